The Morgan fingerprint density at radius 2 is 1.62 bits per heavy atom. The molecule has 3 heterocycles. The summed E-state index contributed by atoms with van der Waals surface area (Å²) in [6, 6.07) is 8.30. The molecule has 0 bridgehead atoms. The van der Waals surface area contributed by atoms with E-state index in [2.05, 4.69) is 32.4 Å². The summed E-state index contributed by atoms with van der Waals surface area (Å²) in [5.74, 6) is 0.333. The Hall–Kier alpha value is -1.99. The zero-order valence-corrected chi connectivity index (χ0v) is 14.6. The molecule has 0 atom stereocenters. The predicted molar refractivity (Wildman–Crippen MR) is 91.7 cm³/mol. The molecular weight excluding hydrogens is 306 g/mol. The Labute approximate surface area is 142 Å². The highest BCUT2D eigenvalue weighted by molar-refractivity contribution is 5.60. The van der Waals surface area contributed by atoms with Crippen molar-refractivity contribution in [2.75, 3.05) is 31.2 Å². The lowest BCUT2D eigenvalue weighted by molar-refractivity contribution is -0.169. The monoisotopic (exact) mass is 331 g/mol. The smallest absolute Gasteiger partial charge is 0.204 e. The minimum atomic E-state index is -0.319. The standard InChI is InChI=1S/C15H19N5O2.C2H6/c1-19-17-14(16-18-19)12-2-4-13(5-3-12)20-8-6-15(7-9-20)21-10-11-22-15;1-2/h2-5H,6-11H2,1H3;1-2H3. The topological polar surface area (TPSA) is 65.3 Å². The van der Waals surface area contributed by atoms with Crippen LogP contribution in [0.15, 0.2) is 24.3 Å². The number of hydrogen-bond acceptors (Lipinski definition) is 6. The highest BCUT2D eigenvalue weighted by atomic mass is 16.7. The summed E-state index contributed by atoms with van der Waals surface area (Å²) in [5.41, 5.74) is 2.19. The van der Waals surface area contributed by atoms with Gasteiger partial charge in [0, 0.05) is 37.2 Å². The maximum atomic E-state index is 5.77. The fraction of sp³-hybridized carbons (Fsp3) is 0.588. The van der Waals surface area contributed by atoms with Crippen molar-refractivity contribution in [3.63, 3.8) is 0 Å². The van der Waals surface area contributed by atoms with Gasteiger partial charge in [-0.15, -0.1) is 10.2 Å². The summed E-state index contributed by atoms with van der Waals surface area (Å²) in [7, 11) is 1.77. The second-order valence-corrected chi connectivity index (χ2v) is 5.74. The van der Waals surface area contributed by atoms with Crippen LogP contribution in [-0.2, 0) is 16.5 Å². The molecule has 0 saturated carbocycles. The van der Waals surface area contributed by atoms with E-state index in [4.69, 9.17) is 9.47 Å². The Bertz CT molecular complexity index is 639. The van der Waals surface area contributed by atoms with E-state index in [0.717, 1.165) is 44.7 Å². The number of tetrazole rings is 1. The van der Waals surface area contributed by atoms with Gasteiger partial charge in [0.15, 0.2) is 5.79 Å². The lowest BCUT2D eigenvalue weighted by atomic mass is 10.0. The summed E-state index contributed by atoms with van der Waals surface area (Å²) in [6.45, 7) is 7.34. The van der Waals surface area contributed by atoms with Crippen LogP contribution >= 0.6 is 0 Å². The van der Waals surface area contributed by atoms with Crippen LogP contribution < -0.4 is 4.90 Å². The molecule has 1 aromatic heterocycles. The zero-order valence-electron chi connectivity index (χ0n) is 14.6. The van der Waals surface area contributed by atoms with E-state index in [1.807, 2.05) is 26.0 Å². The van der Waals surface area contributed by atoms with Gasteiger partial charge in [0.25, 0.3) is 0 Å². The molecule has 1 spiro atoms. The van der Waals surface area contributed by atoms with Gasteiger partial charge in [0.05, 0.1) is 20.3 Å². The van der Waals surface area contributed by atoms with Crippen LogP contribution in [0.4, 0.5) is 5.69 Å². The molecule has 7 nitrogen and oxygen atoms in total. The van der Waals surface area contributed by atoms with Gasteiger partial charge in [-0.25, -0.2) is 0 Å². The third-order valence-electron chi connectivity index (χ3n) is 4.34. The van der Waals surface area contributed by atoms with E-state index >= 15 is 0 Å². The highest BCUT2D eigenvalue weighted by Crippen LogP contribution is 2.33. The Balaban J connectivity index is 0.000000815. The number of ether oxygens (including phenoxy) is 2. The Morgan fingerprint density at radius 1 is 1.00 bits per heavy atom. The second-order valence-electron chi connectivity index (χ2n) is 5.74. The van der Waals surface area contributed by atoms with Gasteiger partial charge in [-0.2, -0.15) is 4.80 Å². The molecule has 0 aliphatic carbocycles. The fourth-order valence-electron chi connectivity index (χ4n) is 3.11. The van der Waals surface area contributed by atoms with Gasteiger partial charge in [-0.1, -0.05) is 13.8 Å². The van der Waals surface area contributed by atoms with Crippen LogP contribution in [-0.4, -0.2) is 52.3 Å². The van der Waals surface area contributed by atoms with Gasteiger partial charge >= 0.3 is 0 Å². The summed E-state index contributed by atoms with van der Waals surface area (Å²) in [4.78, 5) is 3.83. The molecule has 1 aromatic carbocycles. The number of anilines is 1. The first-order valence-corrected chi connectivity index (χ1v) is 8.61. The molecular formula is C17H25N5O2. The number of benzene rings is 1. The van der Waals surface area contributed by atoms with Crippen molar-refractivity contribution in [3.05, 3.63) is 24.3 Å². The average molecular weight is 331 g/mol. The predicted octanol–water partition coefficient (Wildman–Crippen LogP) is 2.25. The van der Waals surface area contributed by atoms with Crippen LogP contribution in [0.3, 0.4) is 0 Å². The molecule has 2 aliphatic heterocycles. The summed E-state index contributed by atoms with van der Waals surface area (Å²) in [5, 5.41) is 12.1. The van der Waals surface area contributed by atoms with Crippen LogP contribution in [0.25, 0.3) is 11.4 Å². The van der Waals surface area contributed by atoms with Crippen LogP contribution in [0.1, 0.15) is 26.7 Å². The molecule has 0 N–H and O–H groups in total. The minimum Gasteiger partial charge on any atom is -0.371 e. The summed E-state index contributed by atoms with van der Waals surface area (Å²) >= 11 is 0. The van der Waals surface area contributed by atoms with E-state index in [-0.39, 0.29) is 5.79 Å². The zero-order chi connectivity index (χ0) is 17.0. The van der Waals surface area contributed by atoms with Gasteiger partial charge in [0.2, 0.25) is 5.82 Å². The first kappa shape index (κ1) is 16.9. The first-order valence-electron chi connectivity index (χ1n) is 8.61. The fourth-order valence-corrected chi connectivity index (χ4v) is 3.11. The van der Waals surface area contributed by atoms with Gasteiger partial charge in [-0.05, 0) is 29.5 Å². The number of aromatic nitrogens is 4. The minimum absolute atomic E-state index is 0.319. The van der Waals surface area contributed by atoms with Crippen molar-refractivity contribution in [1.82, 2.24) is 20.2 Å². The average Bonchev–Trinajstić information content (AvgIpc) is 3.27. The Morgan fingerprint density at radius 3 is 2.17 bits per heavy atom. The molecule has 24 heavy (non-hydrogen) atoms. The van der Waals surface area contributed by atoms with Gasteiger partial charge in [0.1, 0.15) is 0 Å². The van der Waals surface area contributed by atoms with E-state index in [1.165, 1.54) is 10.5 Å². The third kappa shape index (κ3) is 3.42. The van der Waals surface area contributed by atoms with Crippen LogP contribution in [0.5, 0.6) is 0 Å². The number of aryl methyl sites for hydroxylation is 1. The molecule has 0 amide bonds. The molecule has 7 heteroatoms. The third-order valence-corrected chi connectivity index (χ3v) is 4.34. The summed E-state index contributed by atoms with van der Waals surface area (Å²) < 4.78 is 11.5. The second kappa shape index (κ2) is 7.27. The van der Waals surface area contributed by atoms with E-state index in [1.54, 1.807) is 7.05 Å². The Kier molecular flexibility index (Phi) is 5.11. The lowest BCUT2D eigenvalue weighted by Crippen LogP contribution is -2.45. The number of hydrogen-bond donors (Lipinski definition) is 0. The largest absolute Gasteiger partial charge is 0.371 e. The van der Waals surface area contributed by atoms with Gasteiger partial charge in [-0.3, -0.25) is 0 Å². The number of piperidine rings is 1. The molecule has 2 fully saturated rings. The van der Waals surface area contributed by atoms with Crippen molar-refractivity contribution in [2.24, 2.45) is 7.05 Å². The van der Waals surface area contributed by atoms with Crippen molar-refractivity contribution in [3.8, 4) is 11.4 Å². The van der Waals surface area contributed by atoms with Crippen LogP contribution in [0, 0.1) is 0 Å². The normalized spacial score (nSPS) is 19.2. The molecule has 2 aromatic rings. The summed E-state index contributed by atoms with van der Waals surface area (Å²) in [6.07, 6.45) is 1.83. The molecule has 2 aliphatic rings. The lowest BCUT2D eigenvalue weighted by Gasteiger charge is -2.38. The number of rotatable bonds is 2. The number of nitrogens with zero attached hydrogens (tertiary/aromatic N) is 5. The van der Waals surface area contributed by atoms with Crippen LogP contribution in [0.2, 0.25) is 0 Å². The molecule has 2 saturated heterocycles. The maximum Gasteiger partial charge on any atom is 0.204 e. The van der Waals surface area contributed by atoms with E-state index in [0.29, 0.717) is 5.82 Å². The molecule has 4 rings (SSSR count). The molecule has 130 valence electrons. The highest BCUT2D eigenvalue weighted by Gasteiger charge is 2.39. The quantitative estimate of drug-likeness (QED) is 0.841. The first-order chi connectivity index (χ1) is 11.7. The molecule has 0 radical (unpaired) electrons. The van der Waals surface area contributed by atoms with E-state index < -0.39 is 0 Å². The SMILES string of the molecule is CC.Cn1nnc(-c2ccc(N3CCC4(CC3)OCCO4)cc2)n1. The van der Waals surface area contributed by atoms with Crippen molar-refractivity contribution >= 4 is 5.69 Å². The van der Waals surface area contributed by atoms with Crippen molar-refractivity contribution in [2.45, 2.75) is 32.5 Å². The van der Waals surface area contributed by atoms with E-state index in [9.17, 15) is 0 Å². The maximum absolute atomic E-state index is 5.77. The van der Waals surface area contributed by atoms with Crippen molar-refractivity contribution in [1.29, 1.82) is 0 Å². The molecule has 0 unspecified atom stereocenters. The van der Waals surface area contributed by atoms with Crippen molar-refractivity contribution < 1.29 is 9.47 Å². The van der Waals surface area contributed by atoms with Gasteiger partial charge < -0.3 is 14.4 Å².